The summed E-state index contributed by atoms with van der Waals surface area (Å²) in [6.45, 7) is 1.52. The number of nitrogens with zero attached hydrogens (tertiary/aromatic N) is 3. The Labute approximate surface area is 163 Å². The number of anilines is 1. The third kappa shape index (κ3) is 3.84. The number of aryl methyl sites for hydroxylation is 1. The van der Waals surface area contributed by atoms with Gasteiger partial charge in [-0.15, -0.1) is 10.2 Å². The van der Waals surface area contributed by atoms with Crippen molar-refractivity contribution in [1.82, 2.24) is 14.8 Å². The fourth-order valence-electron chi connectivity index (χ4n) is 3.08. The molecule has 1 N–H and O–H groups in total. The number of alkyl halides is 3. The number of halogens is 3. The van der Waals surface area contributed by atoms with Gasteiger partial charge < -0.3 is 14.3 Å². The average molecular weight is 400 g/mol. The molecule has 0 atom stereocenters. The molecule has 6 nitrogen and oxygen atoms in total. The molecule has 148 valence electrons. The predicted octanol–water partition coefficient (Wildman–Crippen LogP) is 4.66. The maximum Gasteiger partial charge on any atom is 0.416 e. The van der Waals surface area contributed by atoms with Crippen molar-refractivity contribution in [3.8, 4) is 11.6 Å². The molecule has 0 saturated carbocycles. The van der Waals surface area contributed by atoms with Gasteiger partial charge in [-0.3, -0.25) is 4.79 Å². The number of benzene rings is 2. The van der Waals surface area contributed by atoms with Gasteiger partial charge in [0.2, 0.25) is 11.8 Å². The fraction of sp³-hybridized carbons (Fsp3) is 0.150. The first-order valence-electron chi connectivity index (χ1n) is 8.67. The standard InChI is InChI=1S/C20H15F3N4O2/c1-12-25-26-19(29-12)17-9-13-5-2-3-8-16(13)27(17)11-18(28)24-15-7-4-6-14(10-15)20(21,22)23/h2-10H,11H2,1H3,(H,24,28). The molecule has 0 spiro atoms. The number of hydrogen-bond acceptors (Lipinski definition) is 4. The van der Waals surface area contributed by atoms with Gasteiger partial charge in [0.05, 0.1) is 5.56 Å². The van der Waals surface area contributed by atoms with Crippen LogP contribution in [0.3, 0.4) is 0 Å². The van der Waals surface area contributed by atoms with E-state index in [9.17, 15) is 18.0 Å². The number of nitrogens with one attached hydrogen (secondary N) is 1. The van der Waals surface area contributed by atoms with E-state index in [4.69, 9.17) is 4.42 Å². The molecule has 0 fully saturated rings. The van der Waals surface area contributed by atoms with Gasteiger partial charge in [-0.05, 0) is 30.3 Å². The van der Waals surface area contributed by atoms with Crippen LogP contribution in [0.4, 0.5) is 18.9 Å². The minimum atomic E-state index is -4.49. The highest BCUT2D eigenvalue weighted by Gasteiger charge is 2.30. The molecule has 0 unspecified atom stereocenters. The molecule has 0 bridgehead atoms. The van der Waals surface area contributed by atoms with Gasteiger partial charge in [0.1, 0.15) is 12.2 Å². The lowest BCUT2D eigenvalue weighted by molar-refractivity contribution is -0.137. The number of rotatable bonds is 4. The first-order chi connectivity index (χ1) is 13.8. The van der Waals surface area contributed by atoms with Crippen molar-refractivity contribution < 1.29 is 22.4 Å². The lowest BCUT2D eigenvalue weighted by Gasteiger charge is -2.12. The van der Waals surface area contributed by atoms with Crippen LogP contribution in [0.15, 0.2) is 59.0 Å². The first-order valence-corrected chi connectivity index (χ1v) is 8.67. The molecule has 0 saturated heterocycles. The Bertz CT molecular complexity index is 1190. The normalized spacial score (nSPS) is 11.7. The second kappa shape index (κ2) is 7.08. The summed E-state index contributed by atoms with van der Waals surface area (Å²) in [6, 6.07) is 13.7. The first kappa shape index (κ1) is 18.7. The molecule has 1 amide bonds. The highest BCUT2D eigenvalue weighted by atomic mass is 19.4. The fourth-order valence-corrected chi connectivity index (χ4v) is 3.08. The zero-order valence-electron chi connectivity index (χ0n) is 15.2. The SMILES string of the molecule is Cc1nnc(-c2cc3ccccc3n2CC(=O)Nc2cccc(C(F)(F)F)c2)o1. The van der Waals surface area contributed by atoms with Crippen molar-refractivity contribution >= 4 is 22.5 Å². The summed E-state index contributed by atoms with van der Waals surface area (Å²) in [6.07, 6.45) is -4.49. The van der Waals surface area contributed by atoms with Crippen LogP contribution < -0.4 is 5.32 Å². The van der Waals surface area contributed by atoms with Crippen molar-refractivity contribution in [1.29, 1.82) is 0 Å². The Morgan fingerprint density at radius 1 is 1.10 bits per heavy atom. The molecule has 2 heterocycles. The van der Waals surface area contributed by atoms with E-state index in [1.807, 2.05) is 30.3 Å². The van der Waals surface area contributed by atoms with Crippen molar-refractivity contribution in [3.05, 3.63) is 66.1 Å². The second-order valence-corrected chi connectivity index (χ2v) is 6.43. The molecule has 2 aromatic carbocycles. The van der Waals surface area contributed by atoms with Crippen LogP contribution in [0.5, 0.6) is 0 Å². The number of carbonyl (C=O) groups is 1. The lowest BCUT2D eigenvalue weighted by Crippen LogP contribution is -2.19. The Morgan fingerprint density at radius 2 is 1.90 bits per heavy atom. The van der Waals surface area contributed by atoms with E-state index in [1.165, 1.54) is 12.1 Å². The van der Waals surface area contributed by atoms with Gasteiger partial charge in [-0.25, -0.2) is 0 Å². The molecule has 4 rings (SSSR count). The van der Waals surface area contributed by atoms with E-state index < -0.39 is 17.6 Å². The molecule has 0 aliphatic heterocycles. The van der Waals surface area contributed by atoms with Gasteiger partial charge in [0.15, 0.2) is 0 Å². The predicted molar refractivity (Wildman–Crippen MR) is 100 cm³/mol. The minimum Gasteiger partial charge on any atom is -0.420 e. The van der Waals surface area contributed by atoms with Crippen LogP contribution in [0.25, 0.3) is 22.5 Å². The van der Waals surface area contributed by atoms with Crippen molar-refractivity contribution in [2.24, 2.45) is 0 Å². The van der Waals surface area contributed by atoms with Crippen molar-refractivity contribution in [2.75, 3.05) is 5.32 Å². The Balaban J connectivity index is 1.65. The summed E-state index contributed by atoms with van der Waals surface area (Å²) >= 11 is 0. The molecule has 2 aromatic heterocycles. The number of fused-ring (bicyclic) bond motifs is 1. The van der Waals surface area contributed by atoms with E-state index in [2.05, 4.69) is 15.5 Å². The van der Waals surface area contributed by atoms with Gasteiger partial charge in [-0.1, -0.05) is 24.3 Å². The van der Waals surface area contributed by atoms with Crippen LogP contribution in [-0.2, 0) is 17.5 Å². The largest absolute Gasteiger partial charge is 0.420 e. The maximum atomic E-state index is 12.9. The summed E-state index contributed by atoms with van der Waals surface area (Å²) < 4.78 is 45.8. The quantitative estimate of drug-likeness (QED) is 0.541. The zero-order chi connectivity index (χ0) is 20.6. The summed E-state index contributed by atoms with van der Waals surface area (Å²) in [7, 11) is 0. The monoisotopic (exact) mass is 400 g/mol. The minimum absolute atomic E-state index is 0.0662. The molecular formula is C20H15F3N4O2. The van der Waals surface area contributed by atoms with Crippen molar-refractivity contribution in [2.45, 2.75) is 19.6 Å². The molecule has 0 aliphatic carbocycles. The highest BCUT2D eigenvalue weighted by Crippen LogP contribution is 2.31. The lowest BCUT2D eigenvalue weighted by atomic mass is 10.2. The van der Waals surface area contributed by atoms with Crippen molar-refractivity contribution in [3.63, 3.8) is 0 Å². The second-order valence-electron chi connectivity index (χ2n) is 6.43. The number of carbonyl (C=O) groups excluding carboxylic acids is 1. The van der Waals surface area contributed by atoms with Gasteiger partial charge in [-0.2, -0.15) is 13.2 Å². The highest BCUT2D eigenvalue weighted by molar-refractivity contribution is 5.93. The Morgan fingerprint density at radius 3 is 2.62 bits per heavy atom. The third-order valence-corrected chi connectivity index (χ3v) is 4.33. The number of amides is 1. The molecule has 0 aliphatic rings. The molecule has 9 heteroatoms. The summed E-state index contributed by atoms with van der Waals surface area (Å²) in [5.74, 6) is 0.152. The van der Waals surface area contributed by atoms with Gasteiger partial charge in [0, 0.05) is 23.5 Å². The Kier molecular flexibility index (Phi) is 4.57. The number of hydrogen-bond donors (Lipinski definition) is 1. The molecular weight excluding hydrogens is 385 g/mol. The maximum absolute atomic E-state index is 12.9. The van der Waals surface area contributed by atoms with Crippen LogP contribution in [0.2, 0.25) is 0 Å². The summed E-state index contributed by atoms with van der Waals surface area (Å²) in [5.41, 5.74) is 0.545. The average Bonchev–Trinajstić information content (AvgIpc) is 3.25. The third-order valence-electron chi connectivity index (χ3n) is 4.33. The van der Waals surface area contributed by atoms with E-state index in [-0.39, 0.29) is 18.1 Å². The van der Waals surface area contributed by atoms with Gasteiger partial charge in [0.25, 0.3) is 5.89 Å². The molecule has 4 aromatic rings. The number of aromatic nitrogens is 3. The van der Waals surface area contributed by atoms with Gasteiger partial charge >= 0.3 is 6.18 Å². The topological polar surface area (TPSA) is 73.0 Å². The summed E-state index contributed by atoms with van der Waals surface area (Å²) in [4.78, 5) is 12.6. The smallest absolute Gasteiger partial charge is 0.416 e. The molecule has 29 heavy (non-hydrogen) atoms. The van der Waals surface area contributed by atoms with E-state index in [0.29, 0.717) is 11.6 Å². The number of para-hydroxylation sites is 1. The Hall–Kier alpha value is -3.62. The van der Waals surface area contributed by atoms with E-state index in [1.54, 1.807) is 11.5 Å². The molecule has 0 radical (unpaired) electrons. The van der Waals surface area contributed by atoms with Crippen LogP contribution in [-0.4, -0.2) is 20.7 Å². The van der Waals surface area contributed by atoms with Crippen LogP contribution in [0.1, 0.15) is 11.5 Å². The van der Waals surface area contributed by atoms with Crippen LogP contribution in [0, 0.1) is 6.92 Å². The van der Waals surface area contributed by atoms with E-state index in [0.717, 1.165) is 23.0 Å². The van der Waals surface area contributed by atoms with Crippen LogP contribution >= 0.6 is 0 Å². The zero-order valence-corrected chi connectivity index (χ0v) is 15.2. The van der Waals surface area contributed by atoms with E-state index >= 15 is 0 Å². The summed E-state index contributed by atoms with van der Waals surface area (Å²) in [5, 5.41) is 11.2.